The van der Waals surface area contributed by atoms with Gasteiger partial charge in [-0.05, 0) is 60.6 Å². The Morgan fingerprint density at radius 3 is 2.46 bits per heavy atom. The molecule has 3 rings (SSSR count). The van der Waals surface area contributed by atoms with Gasteiger partial charge in [-0.25, -0.2) is 0 Å². The van der Waals surface area contributed by atoms with Crippen molar-refractivity contribution in [2.45, 2.75) is 6.92 Å². The maximum Gasteiger partial charge on any atom is 0.293 e. The number of furan rings is 1. The number of aryl methyl sites for hydroxylation is 1. The van der Waals surface area contributed by atoms with E-state index in [1.165, 1.54) is 12.1 Å². The maximum atomic E-state index is 12.4. The summed E-state index contributed by atoms with van der Waals surface area (Å²) in [5.41, 5.74) is 2.06. The lowest BCUT2D eigenvalue weighted by molar-refractivity contribution is -0.255. The van der Waals surface area contributed by atoms with Crippen LogP contribution in [0.15, 0.2) is 63.5 Å². The minimum atomic E-state index is -1.30. The van der Waals surface area contributed by atoms with Crippen LogP contribution in [0, 0.1) is 6.92 Å². The predicted octanol–water partition coefficient (Wildman–Crippen LogP) is 3.51. The van der Waals surface area contributed by atoms with Crippen molar-refractivity contribution < 1.29 is 19.1 Å². The quantitative estimate of drug-likeness (QED) is 0.582. The molecule has 0 aliphatic heterocycles. The van der Waals surface area contributed by atoms with Crippen molar-refractivity contribution in [2.75, 3.05) is 5.32 Å². The third-order valence-corrected chi connectivity index (χ3v) is 4.64. The molecule has 1 amide bonds. The Hall–Kier alpha value is -2.97. The molecule has 0 saturated carbocycles. The van der Waals surface area contributed by atoms with Gasteiger partial charge in [-0.2, -0.15) is 0 Å². The fraction of sp³-hybridized carbons (Fsp3) is 0.0500. The van der Waals surface area contributed by atoms with Crippen molar-refractivity contribution in [2.24, 2.45) is 0 Å². The molecule has 0 aliphatic rings. The van der Waals surface area contributed by atoms with E-state index in [9.17, 15) is 14.7 Å². The number of aromatic carboxylic acids is 1. The molecule has 6 nitrogen and oxygen atoms in total. The molecule has 8 heteroatoms. The van der Waals surface area contributed by atoms with Gasteiger partial charge in [0.1, 0.15) is 5.76 Å². The van der Waals surface area contributed by atoms with Crippen LogP contribution in [0.2, 0.25) is 0 Å². The van der Waals surface area contributed by atoms with Gasteiger partial charge in [0.25, 0.3) is 5.91 Å². The van der Waals surface area contributed by atoms with Crippen molar-refractivity contribution in [3.8, 4) is 11.3 Å². The molecule has 0 spiro atoms. The molecule has 142 valence electrons. The fourth-order valence-electron chi connectivity index (χ4n) is 2.43. The summed E-state index contributed by atoms with van der Waals surface area (Å²) in [5.74, 6) is -1.17. The number of amides is 1. The molecule has 0 unspecified atom stereocenters. The summed E-state index contributed by atoms with van der Waals surface area (Å²) in [6, 6.07) is 15.2. The highest BCUT2D eigenvalue weighted by molar-refractivity contribution is 9.10. The Morgan fingerprint density at radius 2 is 1.79 bits per heavy atom. The Kier molecular flexibility index (Phi) is 5.91. The van der Waals surface area contributed by atoms with Gasteiger partial charge in [0.05, 0.1) is 5.97 Å². The number of benzene rings is 2. The molecule has 0 atom stereocenters. The van der Waals surface area contributed by atoms with E-state index >= 15 is 0 Å². The standard InChI is InChI=1S/C20H15BrN2O4S/c1-11-2-3-13(19(25)26)10-15(11)22-20(28)23-18(24)17-9-8-16(27-17)12-4-6-14(21)7-5-12/h2-10H,1H3,(H,25,26)(H2,22,23,24,28)/p-1. The second kappa shape index (κ2) is 8.37. The molecule has 0 aliphatic carbocycles. The van der Waals surface area contributed by atoms with Crippen molar-refractivity contribution in [3.63, 3.8) is 0 Å². The normalized spacial score (nSPS) is 10.4. The maximum absolute atomic E-state index is 12.4. The lowest BCUT2D eigenvalue weighted by Crippen LogP contribution is -2.34. The Labute approximate surface area is 174 Å². The summed E-state index contributed by atoms with van der Waals surface area (Å²) >= 11 is 8.51. The second-order valence-corrected chi connectivity index (χ2v) is 7.22. The molecule has 0 bridgehead atoms. The van der Waals surface area contributed by atoms with Gasteiger partial charge in [-0.1, -0.05) is 40.2 Å². The SMILES string of the molecule is Cc1ccc(C(=O)[O-])cc1NC(=S)NC(=O)c1ccc(-c2ccc(Br)cc2)o1. The first-order valence-corrected chi connectivity index (χ1v) is 9.34. The molecule has 2 N–H and O–H groups in total. The minimum absolute atomic E-state index is 0.00685. The van der Waals surface area contributed by atoms with Gasteiger partial charge in [-0.3, -0.25) is 10.1 Å². The van der Waals surface area contributed by atoms with Gasteiger partial charge < -0.3 is 19.6 Å². The zero-order valence-corrected chi connectivity index (χ0v) is 17.0. The summed E-state index contributed by atoms with van der Waals surface area (Å²) in [6.07, 6.45) is 0. The highest BCUT2D eigenvalue weighted by Crippen LogP contribution is 2.24. The zero-order valence-electron chi connectivity index (χ0n) is 14.6. The summed E-state index contributed by atoms with van der Waals surface area (Å²) in [7, 11) is 0. The van der Waals surface area contributed by atoms with E-state index in [2.05, 4.69) is 26.6 Å². The Bertz CT molecular complexity index is 1060. The van der Waals surface area contributed by atoms with Crippen LogP contribution >= 0.6 is 28.1 Å². The van der Waals surface area contributed by atoms with Crippen LogP contribution in [-0.4, -0.2) is 17.0 Å². The van der Waals surface area contributed by atoms with E-state index in [4.69, 9.17) is 16.6 Å². The van der Waals surface area contributed by atoms with E-state index in [0.717, 1.165) is 15.6 Å². The highest BCUT2D eigenvalue weighted by atomic mass is 79.9. The number of hydrogen-bond donors (Lipinski definition) is 2. The van der Waals surface area contributed by atoms with Gasteiger partial charge in [-0.15, -0.1) is 0 Å². The number of rotatable bonds is 4. The number of carbonyl (C=O) groups excluding carboxylic acids is 2. The summed E-state index contributed by atoms with van der Waals surface area (Å²) in [4.78, 5) is 23.4. The lowest BCUT2D eigenvalue weighted by atomic mass is 10.1. The number of carbonyl (C=O) groups is 2. The number of thiocarbonyl (C=S) groups is 1. The van der Waals surface area contributed by atoms with Gasteiger partial charge in [0.15, 0.2) is 10.9 Å². The van der Waals surface area contributed by atoms with Crippen molar-refractivity contribution in [1.29, 1.82) is 0 Å². The number of carboxylic acid groups (broad SMARTS) is 1. The molecule has 3 aromatic rings. The van der Waals surface area contributed by atoms with Gasteiger partial charge in [0, 0.05) is 15.7 Å². The van der Waals surface area contributed by atoms with Crippen LogP contribution in [-0.2, 0) is 0 Å². The van der Waals surface area contributed by atoms with Crippen LogP contribution in [0.4, 0.5) is 5.69 Å². The third kappa shape index (κ3) is 4.65. The molecule has 28 heavy (non-hydrogen) atoms. The average Bonchev–Trinajstić information content (AvgIpc) is 3.14. The molecular weight excluding hydrogens is 444 g/mol. The van der Waals surface area contributed by atoms with Gasteiger partial charge in [0.2, 0.25) is 0 Å². The molecule has 2 aromatic carbocycles. The Morgan fingerprint density at radius 1 is 1.07 bits per heavy atom. The van der Waals surface area contributed by atoms with E-state index < -0.39 is 11.9 Å². The molecule has 0 radical (unpaired) electrons. The minimum Gasteiger partial charge on any atom is -0.545 e. The highest BCUT2D eigenvalue weighted by Gasteiger charge is 2.14. The van der Waals surface area contributed by atoms with Crippen molar-refractivity contribution in [3.05, 3.63) is 76.0 Å². The van der Waals surface area contributed by atoms with Gasteiger partial charge >= 0.3 is 0 Å². The second-order valence-electron chi connectivity index (χ2n) is 5.90. The number of nitrogens with one attached hydrogen (secondary N) is 2. The first kappa shape index (κ1) is 19.8. The molecule has 1 aromatic heterocycles. The Balaban J connectivity index is 1.68. The molecule has 1 heterocycles. The molecule has 0 fully saturated rings. The summed E-state index contributed by atoms with van der Waals surface area (Å²) in [6.45, 7) is 1.78. The fourth-order valence-corrected chi connectivity index (χ4v) is 2.90. The summed E-state index contributed by atoms with van der Waals surface area (Å²) < 4.78 is 6.54. The van der Waals surface area contributed by atoms with E-state index in [1.54, 1.807) is 25.1 Å². The largest absolute Gasteiger partial charge is 0.545 e. The first-order chi connectivity index (χ1) is 13.3. The van der Waals surface area contributed by atoms with Crippen LogP contribution in [0.1, 0.15) is 26.5 Å². The van der Waals surface area contributed by atoms with Crippen molar-refractivity contribution in [1.82, 2.24) is 5.32 Å². The number of halogens is 1. The topological polar surface area (TPSA) is 94.4 Å². The zero-order chi connectivity index (χ0) is 20.3. The number of carboxylic acids is 1. The van der Waals surface area contributed by atoms with E-state index in [0.29, 0.717) is 11.4 Å². The van der Waals surface area contributed by atoms with Crippen LogP contribution in [0.5, 0.6) is 0 Å². The molecular formula is C20H14BrN2O4S-. The van der Waals surface area contributed by atoms with Crippen molar-refractivity contribution >= 4 is 50.8 Å². The van der Waals surface area contributed by atoms with Crippen LogP contribution in [0.25, 0.3) is 11.3 Å². The van der Waals surface area contributed by atoms with Crippen LogP contribution < -0.4 is 15.7 Å². The number of hydrogen-bond acceptors (Lipinski definition) is 5. The predicted molar refractivity (Wildman–Crippen MR) is 111 cm³/mol. The monoisotopic (exact) mass is 457 g/mol. The van der Waals surface area contributed by atoms with E-state index in [-0.39, 0.29) is 16.4 Å². The lowest BCUT2D eigenvalue weighted by Gasteiger charge is -2.13. The van der Waals surface area contributed by atoms with E-state index in [1.807, 2.05) is 24.3 Å². The number of anilines is 1. The van der Waals surface area contributed by atoms with Crippen LogP contribution in [0.3, 0.4) is 0 Å². The summed E-state index contributed by atoms with van der Waals surface area (Å²) in [5, 5.41) is 16.3. The molecule has 0 saturated heterocycles. The third-order valence-electron chi connectivity index (χ3n) is 3.91. The average molecular weight is 458 g/mol. The first-order valence-electron chi connectivity index (χ1n) is 8.13. The smallest absolute Gasteiger partial charge is 0.293 e.